The van der Waals surface area contributed by atoms with Crippen LogP contribution in [0.2, 0.25) is 0 Å². The minimum absolute atomic E-state index is 0.0269. The summed E-state index contributed by atoms with van der Waals surface area (Å²) < 4.78 is 5.92. The third-order valence-electron chi connectivity index (χ3n) is 5.34. The molecule has 3 aromatic rings. The minimum atomic E-state index is -0.0900. The lowest BCUT2D eigenvalue weighted by molar-refractivity contribution is 0.0728. The molecule has 0 N–H and O–H groups in total. The van der Waals surface area contributed by atoms with Crippen LogP contribution in [-0.4, -0.2) is 64.5 Å². The van der Waals surface area contributed by atoms with E-state index in [1.54, 1.807) is 12.4 Å². The first-order valence-electron chi connectivity index (χ1n) is 10.6. The Morgan fingerprint density at radius 3 is 2.74 bits per heavy atom. The molecule has 1 aromatic carbocycles. The van der Waals surface area contributed by atoms with Gasteiger partial charge in [-0.2, -0.15) is 0 Å². The van der Waals surface area contributed by atoms with E-state index in [9.17, 15) is 4.79 Å². The summed E-state index contributed by atoms with van der Waals surface area (Å²) in [4.78, 5) is 30.9. The van der Waals surface area contributed by atoms with E-state index >= 15 is 0 Å². The number of likely N-dealkylation sites (tertiary alicyclic amines) is 1. The van der Waals surface area contributed by atoms with Gasteiger partial charge in [0, 0.05) is 25.5 Å². The summed E-state index contributed by atoms with van der Waals surface area (Å²) in [6.45, 7) is 2.00. The third kappa shape index (κ3) is 4.88. The van der Waals surface area contributed by atoms with Gasteiger partial charge in [-0.1, -0.05) is 18.2 Å². The molecule has 2 aromatic heterocycles. The summed E-state index contributed by atoms with van der Waals surface area (Å²) in [5.41, 5.74) is 2.15. The number of likely N-dealkylation sites (N-methyl/N-ethyl adjacent to an activating group) is 1. The number of benzene rings is 1. The molecule has 3 heterocycles. The van der Waals surface area contributed by atoms with Gasteiger partial charge in [0.2, 0.25) is 0 Å². The maximum absolute atomic E-state index is 13.5. The molecular weight excluding hydrogens is 390 g/mol. The van der Waals surface area contributed by atoms with Gasteiger partial charge in [0.1, 0.15) is 18.1 Å². The van der Waals surface area contributed by atoms with E-state index in [-0.39, 0.29) is 11.9 Å². The summed E-state index contributed by atoms with van der Waals surface area (Å²) in [5, 5.41) is 0. The van der Waals surface area contributed by atoms with Crippen LogP contribution >= 0.6 is 0 Å². The highest BCUT2D eigenvalue weighted by Crippen LogP contribution is 2.34. The first-order valence-corrected chi connectivity index (χ1v) is 10.6. The predicted molar refractivity (Wildman–Crippen MR) is 119 cm³/mol. The highest BCUT2D eigenvalue weighted by atomic mass is 16.5. The van der Waals surface area contributed by atoms with Crippen molar-refractivity contribution in [3.8, 4) is 17.3 Å². The molecule has 0 bridgehead atoms. The Kier molecular flexibility index (Phi) is 6.52. The van der Waals surface area contributed by atoms with Gasteiger partial charge in [-0.3, -0.25) is 9.78 Å². The Balaban J connectivity index is 1.56. The van der Waals surface area contributed by atoms with E-state index in [1.165, 1.54) is 0 Å². The smallest absolute Gasteiger partial charge is 0.258 e. The zero-order valence-corrected chi connectivity index (χ0v) is 17.9. The Bertz CT molecular complexity index is 1030. The number of carbonyl (C=O) groups excluding carboxylic acids is 1. The number of hydrogen-bond acceptors (Lipinski definition) is 6. The van der Waals surface area contributed by atoms with E-state index in [2.05, 4.69) is 14.9 Å². The molecule has 0 radical (unpaired) electrons. The normalized spacial score (nSPS) is 16.0. The van der Waals surface area contributed by atoms with E-state index < -0.39 is 0 Å². The molecule has 4 rings (SSSR count). The van der Waals surface area contributed by atoms with E-state index in [0.717, 1.165) is 30.8 Å². The maximum atomic E-state index is 13.5. The molecule has 1 amide bonds. The Morgan fingerprint density at radius 2 is 1.94 bits per heavy atom. The van der Waals surface area contributed by atoms with Crippen molar-refractivity contribution in [2.75, 3.05) is 33.8 Å². The Hall–Kier alpha value is -3.32. The number of carbonyl (C=O) groups is 1. The van der Waals surface area contributed by atoms with Gasteiger partial charge >= 0.3 is 0 Å². The van der Waals surface area contributed by atoms with Gasteiger partial charge in [-0.25, -0.2) is 9.97 Å². The Labute approximate surface area is 182 Å². The third-order valence-corrected chi connectivity index (χ3v) is 5.34. The molecule has 31 heavy (non-hydrogen) atoms. The zero-order chi connectivity index (χ0) is 21.6. The molecule has 1 aliphatic heterocycles. The molecule has 1 atom stereocenters. The molecule has 0 spiro atoms. The monoisotopic (exact) mass is 417 g/mol. The van der Waals surface area contributed by atoms with Crippen molar-refractivity contribution in [1.29, 1.82) is 0 Å². The first kappa shape index (κ1) is 20.9. The van der Waals surface area contributed by atoms with Crippen LogP contribution in [0.1, 0.15) is 34.9 Å². The standard InChI is InChI=1S/C24H27N5O2/c1-28(2)16-17-31-22-11-4-3-8-18(22)24(30)29-15-7-10-21(29)19-12-14-26-23(27-19)20-9-5-6-13-25-20/h3-6,8-9,11-14,21H,7,10,15-17H2,1-2H3/t21-/m0/s1. The molecule has 1 aliphatic rings. The lowest BCUT2D eigenvalue weighted by atomic mass is 10.1. The molecule has 7 nitrogen and oxygen atoms in total. The fourth-order valence-electron chi connectivity index (χ4n) is 3.76. The largest absolute Gasteiger partial charge is 0.491 e. The van der Waals surface area contributed by atoms with Gasteiger partial charge in [-0.05, 0) is 57.3 Å². The number of pyridine rings is 1. The maximum Gasteiger partial charge on any atom is 0.258 e. The van der Waals surface area contributed by atoms with Crippen molar-refractivity contribution in [3.05, 3.63) is 72.2 Å². The summed E-state index contributed by atoms with van der Waals surface area (Å²) in [6, 6.07) is 14.9. The summed E-state index contributed by atoms with van der Waals surface area (Å²) in [6.07, 6.45) is 5.27. The highest BCUT2D eigenvalue weighted by Gasteiger charge is 2.33. The summed E-state index contributed by atoms with van der Waals surface area (Å²) in [7, 11) is 3.99. The van der Waals surface area contributed by atoms with Crippen LogP contribution in [-0.2, 0) is 0 Å². The average Bonchev–Trinajstić information content (AvgIpc) is 3.29. The minimum Gasteiger partial charge on any atom is -0.491 e. The molecule has 0 unspecified atom stereocenters. The van der Waals surface area contributed by atoms with E-state index in [4.69, 9.17) is 9.72 Å². The second-order valence-electron chi connectivity index (χ2n) is 7.82. The fourth-order valence-corrected chi connectivity index (χ4v) is 3.76. The number of nitrogens with zero attached hydrogens (tertiary/aromatic N) is 5. The van der Waals surface area contributed by atoms with Crippen LogP contribution < -0.4 is 4.74 Å². The molecule has 160 valence electrons. The van der Waals surface area contributed by atoms with Gasteiger partial charge in [-0.15, -0.1) is 0 Å². The van der Waals surface area contributed by atoms with Crippen molar-refractivity contribution in [3.63, 3.8) is 0 Å². The van der Waals surface area contributed by atoms with Gasteiger partial charge in [0.05, 0.1) is 17.3 Å². The molecule has 1 fully saturated rings. The SMILES string of the molecule is CN(C)CCOc1ccccc1C(=O)N1CCC[C@H]1c1ccnc(-c2ccccn2)n1. The van der Waals surface area contributed by atoms with E-state index in [1.807, 2.05) is 67.5 Å². The summed E-state index contributed by atoms with van der Waals surface area (Å²) >= 11 is 0. The van der Waals surface area contributed by atoms with Crippen LogP contribution in [0.5, 0.6) is 5.75 Å². The van der Waals surface area contributed by atoms with Crippen LogP contribution in [0.3, 0.4) is 0 Å². The van der Waals surface area contributed by atoms with E-state index in [0.29, 0.717) is 30.3 Å². The average molecular weight is 418 g/mol. The number of amides is 1. The quantitative estimate of drug-likeness (QED) is 0.586. The van der Waals surface area contributed by atoms with Crippen molar-refractivity contribution < 1.29 is 9.53 Å². The van der Waals surface area contributed by atoms with Crippen LogP contribution in [0.15, 0.2) is 60.9 Å². The lowest BCUT2D eigenvalue weighted by Crippen LogP contribution is -2.31. The summed E-state index contributed by atoms with van der Waals surface area (Å²) in [5.74, 6) is 1.17. The predicted octanol–water partition coefficient (Wildman–Crippen LogP) is 3.46. The number of aromatic nitrogens is 3. The van der Waals surface area contributed by atoms with Crippen molar-refractivity contribution in [2.24, 2.45) is 0 Å². The molecule has 7 heteroatoms. The highest BCUT2D eigenvalue weighted by molar-refractivity contribution is 5.97. The zero-order valence-electron chi connectivity index (χ0n) is 17.9. The first-order chi connectivity index (χ1) is 15.1. The van der Waals surface area contributed by atoms with Crippen molar-refractivity contribution >= 4 is 5.91 Å². The van der Waals surface area contributed by atoms with Gasteiger partial charge in [0.25, 0.3) is 5.91 Å². The van der Waals surface area contributed by atoms with Gasteiger partial charge < -0.3 is 14.5 Å². The number of ether oxygens (including phenoxy) is 1. The number of rotatable bonds is 7. The number of para-hydroxylation sites is 1. The Morgan fingerprint density at radius 1 is 1.10 bits per heavy atom. The lowest BCUT2D eigenvalue weighted by Gasteiger charge is -2.25. The number of hydrogen-bond donors (Lipinski definition) is 0. The van der Waals surface area contributed by atoms with Gasteiger partial charge in [0.15, 0.2) is 5.82 Å². The van der Waals surface area contributed by atoms with Crippen molar-refractivity contribution in [1.82, 2.24) is 24.8 Å². The molecule has 0 aliphatic carbocycles. The molecule has 0 saturated carbocycles. The second kappa shape index (κ2) is 9.66. The van der Waals surface area contributed by atoms with Crippen LogP contribution in [0, 0.1) is 0 Å². The van der Waals surface area contributed by atoms with Crippen LogP contribution in [0.4, 0.5) is 0 Å². The fraction of sp³-hybridized carbons (Fsp3) is 0.333. The molecule has 1 saturated heterocycles. The second-order valence-corrected chi connectivity index (χ2v) is 7.82. The molecular formula is C24H27N5O2. The van der Waals surface area contributed by atoms with Crippen LogP contribution in [0.25, 0.3) is 11.5 Å². The van der Waals surface area contributed by atoms with Crippen molar-refractivity contribution in [2.45, 2.75) is 18.9 Å². The topological polar surface area (TPSA) is 71.5 Å².